The van der Waals surface area contributed by atoms with Crippen molar-refractivity contribution in [2.45, 2.75) is 31.4 Å². The number of hydrogen-bond donors (Lipinski definition) is 3. The first-order valence-electron chi connectivity index (χ1n) is 6.33. The lowest BCUT2D eigenvalue weighted by Crippen LogP contribution is -2.24. The molecule has 0 fully saturated rings. The van der Waals surface area contributed by atoms with Gasteiger partial charge in [0.15, 0.2) is 0 Å². The van der Waals surface area contributed by atoms with E-state index in [1.807, 2.05) is 6.92 Å². The predicted octanol–water partition coefficient (Wildman–Crippen LogP) is 0.686. The maximum absolute atomic E-state index is 11.9. The van der Waals surface area contributed by atoms with Crippen LogP contribution < -0.4 is 10.0 Å². The summed E-state index contributed by atoms with van der Waals surface area (Å²) in [4.78, 5) is 0. The molecule has 0 saturated carbocycles. The van der Waals surface area contributed by atoms with Crippen molar-refractivity contribution in [2.24, 2.45) is 5.92 Å². The fraction of sp³-hybridized carbons (Fsp3) is 0.667. The maximum Gasteiger partial charge on any atom is 0.273 e. The second kappa shape index (κ2) is 7.64. The van der Waals surface area contributed by atoms with Crippen LogP contribution in [0.5, 0.6) is 0 Å². The predicted molar refractivity (Wildman–Crippen MR) is 72.1 cm³/mol. The molecule has 0 aliphatic carbocycles. The Morgan fingerprint density at radius 2 is 2.16 bits per heavy atom. The van der Waals surface area contributed by atoms with E-state index in [1.54, 1.807) is 13.1 Å². The Hall–Kier alpha value is -0.890. The Labute approximate surface area is 114 Å². The molecule has 0 aliphatic rings. The molecule has 110 valence electrons. The van der Waals surface area contributed by atoms with Gasteiger partial charge in [-0.1, -0.05) is 6.92 Å². The molecule has 1 rings (SSSR count). The van der Waals surface area contributed by atoms with Gasteiger partial charge in [0, 0.05) is 13.2 Å². The molecule has 0 aliphatic heterocycles. The summed E-state index contributed by atoms with van der Waals surface area (Å²) < 4.78 is 31.5. The first-order chi connectivity index (χ1) is 8.99. The van der Waals surface area contributed by atoms with Crippen LogP contribution in [-0.2, 0) is 16.6 Å². The molecule has 0 saturated heterocycles. The monoisotopic (exact) mass is 290 g/mol. The summed E-state index contributed by atoms with van der Waals surface area (Å²) in [6.07, 6.45) is 1.47. The zero-order valence-electron chi connectivity index (χ0n) is 11.3. The second-order valence-electron chi connectivity index (χ2n) is 4.58. The molecule has 1 unspecified atom stereocenters. The number of aliphatic hydroxyl groups is 1. The molecule has 1 atom stereocenters. The summed E-state index contributed by atoms with van der Waals surface area (Å²) in [5.41, 5.74) is 0. The van der Waals surface area contributed by atoms with Crippen LogP contribution in [0.25, 0.3) is 0 Å². The van der Waals surface area contributed by atoms with Crippen LogP contribution in [0.3, 0.4) is 0 Å². The standard InChI is InChI=1S/C12H22N2O4S/c1-10(9-15)4-3-7-14-19(16,17)12-6-5-11(18-12)8-13-2/h5-6,10,13-15H,3-4,7-9H2,1-2H3. The third kappa shape index (κ3) is 5.32. The number of hydrogen-bond acceptors (Lipinski definition) is 5. The third-order valence-corrected chi connectivity index (χ3v) is 4.06. The van der Waals surface area contributed by atoms with Crippen molar-refractivity contribution in [3.63, 3.8) is 0 Å². The fourth-order valence-electron chi connectivity index (χ4n) is 1.59. The molecule has 0 amide bonds. The maximum atomic E-state index is 11.9. The van der Waals surface area contributed by atoms with E-state index in [2.05, 4.69) is 10.0 Å². The first-order valence-corrected chi connectivity index (χ1v) is 7.81. The average Bonchev–Trinajstić information content (AvgIpc) is 2.84. The Balaban J connectivity index is 2.46. The largest absolute Gasteiger partial charge is 0.447 e. The lowest BCUT2D eigenvalue weighted by molar-refractivity contribution is 0.228. The summed E-state index contributed by atoms with van der Waals surface area (Å²) >= 11 is 0. The molecule has 0 aromatic carbocycles. The SMILES string of the molecule is CNCc1ccc(S(=O)(=O)NCCCC(C)CO)o1. The van der Waals surface area contributed by atoms with Gasteiger partial charge in [-0.3, -0.25) is 0 Å². The molecule has 0 spiro atoms. The van der Waals surface area contributed by atoms with Gasteiger partial charge >= 0.3 is 0 Å². The van der Waals surface area contributed by atoms with E-state index in [4.69, 9.17) is 9.52 Å². The molecule has 3 N–H and O–H groups in total. The fourth-order valence-corrected chi connectivity index (χ4v) is 2.61. The number of aliphatic hydroxyl groups excluding tert-OH is 1. The Morgan fingerprint density at radius 3 is 2.79 bits per heavy atom. The van der Waals surface area contributed by atoms with Crippen molar-refractivity contribution >= 4 is 10.0 Å². The van der Waals surface area contributed by atoms with Crippen LogP contribution in [0.4, 0.5) is 0 Å². The van der Waals surface area contributed by atoms with Gasteiger partial charge in [-0.05, 0) is 37.9 Å². The number of rotatable bonds is 9. The topological polar surface area (TPSA) is 91.6 Å². The van der Waals surface area contributed by atoms with E-state index in [0.29, 0.717) is 25.3 Å². The molecule has 1 heterocycles. The van der Waals surface area contributed by atoms with Crippen LogP contribution in [-0.4, -0.2) is 33.7 Å². The van der Waals surface area contributed by atoms with Crippen molar-refractivity contribution < 1.29 is 17.9 Å². The molecule has 0 bridgehead atoms. The quantitative estimate of drug-likeness (QED) is 0.582. The lowest BCUT2D eigenvalue weighted by atomic mass is 10.1. The molecule has 6 nitrogen and oxygen atoms in total. The summed E-state index contributed by atoms with van der Waals surface area (Å²) in [6.45, 7) is 2.88. The molecule has 7 heteroatoms. The van der Waals surface area contributed by atoms with Crippen molar-refractivity contribution in [1.82, 2.24) is 10.0 Å². The molecule has 1 aromatic heterocycles. The number of furan rings is 1. The van der Waals surface area contributed by atoms with Gasteiger partial charge in [0.25, 0.3) is 10.0 Å². The third-order valence-electron chi connectivity index (χ3n) is 2.73. The highest BCUT2D eigenvalue weighted by Crippen LogP contribution is 2.13. The van der Waals surface area contributed by atoms with Gasteiger partial charge < -0.3 is 14.8 Å². The first kappa shape index (κ1) is 16.2. The van der Waals surface area contributed by atoms with E-state index >= 15 is 0 Å². The van der Waals surface area contributed by atoms with Crippen LogP contribution in [0, 0.1) is 5.92 Å². The van der Waals surface area contributed by atoms with Crippen LogP contribution in [0.2, 0.25) is 0 Å². The van der Waals surface area contributed by atoms with Gasteiger partial charge in [-0.2, -0.15) is 0 Å². The molecule has 19 heavy (non-hydrogen) atoms. The van der Waals surface area contributed by atoms with Gasteiger partial charge in [0.1, 0.15) is 5.76 Å². The van der Waals surface area contributed by atoms with Crippen LogP contribution in [0.1, 0.15) is 25.5 Å². The van der Waals surface area contributed by atoms with Crippen molar-refractivity contribution in [1.29, 1.82) is 0 Å². The highest BCUT2D eigenvalue weighted by Gasteiger charge is 2.18. The minimum absolute atomic E-state index is 0.0621. The van der Waals surface area contributed by atoms with Gasteiger partial charge in [-0.15, -0.1) is 0 Å². The number of nitrogens with one attached hydrogen (secondary N) is 2. The molecule has 1 aromatic rings. The van der Waals surface area contributed by atoms with E-state index in [0.717, 1.165) is 6.42 Å². The zero-order chi connectivity index (χ0) is 14.3. The van der Waals surface area contributed by atoms with E-state index in [9.17, 15) is 8.42 Å². The Morgan fingerprint density at radius 1 is 1.42 bits per heavy atom. The van der Waals surface area contributed by atoms with E-state index < -0.39 is 10.0 Å². The minimum Gasteiger partial charge on any atom is -0.447 e. The Kier molecular flexibility index (Phi) is 6.50. The normalized spacial score (nSPS) is 13.6. The van der Waals surface area contributed by atoms with Gasteiger partial charge in [0.05, 0.1) is 6.54 Å². The van der Waals surface area contributed by atoms with Crippen molar-refractivity contribution in [2.75, 3.05) is 20.2 Å². The molecular weight excluding hydrogens is 268 g/mol. The summed E-state index contributed by atoms with van der Waals surface area (Å²) in [5, 5.41) is 11.7. The second-order valence-corrected chi connectivity index (χ2v) is 6.28. The average molecular weight is 290 g/mol. The Bertz CT molecular complexity index is 470. The van der Waals surface area contributed by atoms with E-state index in [1.165, 1.54) is 6.07 Å². The molecule has 0 radical (unpaired) electrons. The van der Waals surface area contributed by atoms with E-state index in [-0.39, 0.29) is 17.6 Å². The summed E-state index contributed by atoms with van der Waals surface area (Å²) in [6, 6.07) is 3.09. The smallest absolute Gasteiger partial charge is 0.273 e. The lowest BCUT2D eigenvalue weighted by Gasteiger charge is -2.07. The van der Waals surface area contributed by atoms with Crippen LogP contribution in [0.15, 0.2) is 21.6 Å². The summed E-state index contributed by atoms with van der Waals surface area (Å²) in [5.74, 6) is 0.770. The number of sulfonamides is 1. The van der Waals surface area contributed by atoms with Crippen LogP contribution >= 0.6 is 0 Å². The highest BCUT2D eigenvalue weighted by atomic mass is 32.2. The highest BCUT2D eigenvalue weighted by molar-refractivity contribution is 7.89. The van der Waals surface area contributed by atoms with Crippen molar-refractivity contribution in [3.8, 4) is 0 Å². The minimum atomic E-state index is -3.57. The van der Waals surface area contributed by atoms with Crippen molar-refractivity contribution in [3.05, 3.63) is 17.9 Å². The van der Waals surface area contributed by atoms with Gasteiger partial charge in [0.2, 0.25) is 5.09 Å². The zero-order valence-corrected chi connectivity index (χ0v) is 12.2. The summed E-state index contributed by atoms with van der Waals surface area (Å²) in [7, 11) is -1.81. The van der Waals surface area contributed by atoms with Gasteiger partial charge in [-0.25, -0.2) is 13.1 Å². The molecular formula is C12H22N2O4S.